The molecular weight excluding hydrogens is 671 g/mol. The third-order valence-electron chi connectivity index (χ3n) is 9.10. The molecule has 1 aliphatic carbocycles. The minimum atomic E-state index is -1.93. The number of halogens is 2. The number of thiazole rings is 1. The van der Waals surface area contributed by atoms with Gasteiger partial charge in [0.15, 0.2) is 5.67 Å². The molecule has 2 unspecified atom stereocenters. The van der Waals surface area contributed by atoms with E-state index in [0.29, 0.717) is 6.54 Å². The van der Waals surface area contributed by atoms with E-state index in [1.54, 1.807) is 32.1 Å². The number of alkyl halides is 2. The fourth-order valence-electron chi connectivity index (χ4n) is 6.06. The molecule has 254 valence electrons. The molecule has 3 atom stereocenters. The Morgan fingerprint density at radius 1 is 1.11 bits per heavy atom. The number of likely N-dealkylation sites (tertiary alicyclic amines) is 1. The van der Waals surface area contributed by atoms with Crippen LogP contribution in [-0.2, 0) is 27.3 Å². The molecule has 2 fully saturated rings. The number of hydrogen-bond donors (Lipinski definition) is 3. The maximum atomic E-state index is 14.5. The van der Waals surface area contributed by atoms with E-state index in [1.165, 1.54) is 42.6 Å². The fourth-order valence-corrected chi connectivity index (χ4v) is 7.26. The van der Waals surface area contributed by atoms with Gasteiger partial charge in [0.25, 0.3) is 5.91 Å². The zero-order valence-corrected chi connectivity index (χ0v) is 30.1. The monoisotopic (exact) mass is 720 g/mol. The zero-order chi connectivity index (χ0) is 33.5. The standard InChI is InChI=1S/C35H50BrFN4O4S/c1-23-29(46-22-39-23)25-13-14-26(24(18-25)12-10-8-6-5-7-9-11-17-36)20-38-31(43)28-19-27(42)21-41(28)32(44)30(34(2,3)4)40-33(45)35(37)15-16-35/h13-14,18,22,27-28,30,42H,5-12,15-17,19-21H2,1-4H3,(H,38,43)(H,40,45)/t27?,28?,30-/m1/s1. The van der Waals surface area contributed by atoms with E-state index in [0.717, 1.165) is 46.3 Å². The van der Waals surface area contributed by atoms with Crippen LogP contribution in [0.1, 0.15) is 102 Å². The Kier molecular flexibility index (Phi) is 12.8. The third kappa shape index (κ3) is 9.60. The first-order chi connectivity index (χ1) is 21.8. The second-order valence-corrected chi connectivity index (χ2v) is 15.7. The molecule has 3 N–H and O–H groups in total. The van der Waals surface area contributed by atoms with Gasteiger partial charge in [-0.25, -0.2) is 9.37 Å². The number of rotatable bonds is 16. The molecule has 2 aromatic rings. The molecule has 1 aromatic carbocycles. The summed E-state index contributed by atoms with van der Waals surface area (Å²) in [4.78, 5) is 46.8. The predicted molar refractivity (Wildman–Crippen MR) is 185 cm³/mol. The molecule has 1 aliphatic heterocycles. The predicted octanol–water partition coefficient (Wildman–Crippen LogP) is 6.40. The largest absolute Gasteiger partial charge is 0.391 e. The maximum Gasteiger partial charge on any atom is 0.258 e. The van der Waals surface area contributed by atoms with Gasteiger partial charge in [-0.05, 0) is 67.2 Å². The van der Waals surface area contributed by atoms with Gasteiger partial charge in [0, 0.05) is 24.8 Å². The van der Waals surface area contributed by atoms with E-state index in [4.69, 9.17) is 0 Å². The van der Waals surface area contributed by atoms with Crippen LogP contribution in [0, 0.1) is 12.3 Å². The van der Waals surface area contributed by atoms with Crippen molar-refractivity contribution in [3.63, 3.8) is 0 Å². The summed E-state index contributed by atoms with van der Waals surface area (Å²) in [7, 11) is 0. The van der Waals surface area contributed by atoms with Crippen molar-refractivity contribution in [2.75, 3.05) is 11.9 Å². The molecule has 0 spiro atoms. The molecule has 2 aliphatic rings. The Morgan fingerprint density at radius 2 is 1.78 bits per heavy atom. The number of nitrogens with one attached hydrogen (secondary N) is 2. The van der Waals surface area contributed by atoms with Gasteiger partial charge in [0.1, 0.15) is 12.1 Å². The van der Waals surface area contributed by atoms with Crippen molar-refractivity contribution < 1.29 is 23.9 Å². The summed E-state index contributed by atoms with van der Waals surface area (Å²) in [6, 6.07) is 4.41. The summed E-state index contributed by atoms with van der Waals surface area (Å²) in [6.45, 7) is 7.65. The van der Waals surface area contributed by atoms with E-state index >= 15 is 0 Å². The van der Waals surface area contributed by atoms with Gasteiger partial charge >= 0.3 is 0 Å². The van der Waals surface area contributed by atoms with Gasteiger partial charge in [0.05, 0.1) is 22.2 Å². The second-order valence-electron chi connectivity index (χ2n) is 14.0. The number of aliphatic hydroxyl groups excluding tert-OH is 1. The molecule has 46 heavy (non-hydrogen) atoms. The van der Waals surface area contributed by atoms with E-state index < -0.39 is 41.1 Å². The average molecular weight is 722 g/mol. The Hall–Kier alpha value is -2.37. The van der Waals surface area contributed by atoms with Crippen LogP contribution in [0.3, 0.4) is 0 Å². The number of carbonyl (C=O) groups is 3. The first kappa shape index (κ1) is 36.5. The molecule has 2 heterocycles. The summed E-state index contributed by atoms with van der Waals surface area (Å²) < 4.78 is 14.5. The van der Waals surface area contributed by atoms with Crippen molar-refractivity contribution >= 4 is 45.0 Å². The zero-order valence-electron chi connectivity index (χ0n) is 27.7. The molecule has 3 amide bonds. The summed E-state index contributed by atoms with van der Waals surface area (Å²) in [5.74, 6) is -1.63. The van der Waals surface area contributed by atoms with Crippen LogP contribution < -0.4 is 10.6 Å². The first-order valence-corrected chi connectivity index (χ1v) is 18.7. The molecule has 1 saturated heterocycles. The first-order valence-electron chi connectivity index (χ1n) is 16.7. The Balaban J connectivity index is 1.43. The van der Waals surface area contributed by atoms with Gasteiger partial charge in [0.2, 0.25) is 11.8 Å². The van der Waals surface area contributed by atoms with Crippen LogP contribution in [0.5, 0.6) is 0 Å². The molecular formula is C35H50BrFN4O4S. The van der Waals surface area contributed by atoms with Crippen LogP contribution in [-0.4, -0.2) is 68.4 Å². The van der Waals surface area contributed by atoms with Crippen LogP contribution in [0.15, 0.2) is 23.7 Å². The van der Waals surface area contributed by atoms with Gasteiger partial charge in [-0.3, -0.25) is 14.4 Å². The number of hydrogen-bond acceptors (Lipinski definition) is 6. The number of nitrogens with zero attached hydrogens (tertiary/aromatic N) is 2. The number of benzene rings is 1. The normalized spacial score (nSPS) is 19.6. The lowest BCUT2D eigenvalue weighted by Gasteiger charge is -2.35. The third-order valence-corrected chi connectivity index (χ3v) is 10.6. The molecule has 4 rings (SSSR count). The van der Waals surface area contributed by atoms with Gasteiger partial charge in [-0.15, -0.1) is 11.3 Å². The molecule has 0 radical (unpaired) electrons. The Morgan fingerprint density at radius 3 is 2.39 bits per heavy atom. The SMILES string of the molecule is Cc1ncsc1-c1ccc(CNC(=O)C2CC(O)CN2C(=O)[C@@H](NC(=O)C2(F)CC2)C(C)(C)C)c(CCCCCCCCCBr)c1. The molecule has 8 nitrogen and oxygen atoms in total. The minimum Gasteiger partial charge on any atom is -0.391 e. The van der Waals surface area contributed by atoms with Crippen molar-refractivity contribution in [2.45, 2.75) is 129 Å². The van der Waals surface area contributed by atoms with Crippen LogP contribution in [0.2, 0.25) is 0 Å². The summed E-state index contributed by atoms with van der Waals surface area (Å²) in [6.07, 6.45) is 8.80. The summed E-state index contributed by atoms with van der Waals surface area (Å²) in [5, 5.41) is 17.2. The highest BCUT2D eigenvalue weighted by Gasteiger charge is 2.53. The average Bonchev–Trinajstić information content (AvgIpc) is 3.42. The molecule has 11 heteroatoms. The number of aliphatic hydroxyl groups is 1. The minimum absolute atomic E-state index is 0.0234. The lowest BCUT2D eigenvalue weighted by atomic mass is 9.85. The van der Waals surface area contributed by atoms with Crippen molar-refractivity contribution in [3.05, 3.63) is 40.5 Å². The maximum absolute atomic E-state index is 14.5. The smallest absolute Gasteiger partial charge is 0.258 e. The van der Waals surface area contributed by atoms with Crippen LogP contribution >= 0.6 is 27.3 Å². The van der Waals surface area contributed by atoms with Gasteiger partial charge < -0.3 is 20.6 Å². The number of β-amino-alcohol motifs (C(OH)–C–C–N with tert-alkyl or cyclic N) is 1. The number of carbonyl (C=O) groups excluding carboxylic acids is 3. The lowest BCUT2D eigenvalue weighted by molar-refractivity contribution is -0.145. The van der Waals surface area contributed by atoms with Crippen molar-refractivity contribution in [1.29, 1.82) is 0 Å². The van der Waals surface area contributed by atoms with Crippen LogP contribution in [0.25, 0.3) is 10.4 Å². The highest BCUT2D eigenvalue weighted by atomic mass is 79.9. The van der Waals surface area contributed by atoms with Gasteiger partial charge in [-0.2, -0.15) is 0 Å². The van der Waals surface area contributed by atoms with Gasteiger partial charge in [-0.1, -0.05) is 80.9 Å². The van der Waals surface area contributed by atoms with Crippen molar-refractivity contribution in [3.8, 4) is 10.4 Å². The highest BCUT2D eigenvalue weighted by molar-refractivity contribution is 9.09. The van der Waals surface area contributed by atoms with E-state index in [-0.39, 0.29) is 31.7 Å². The quantitative estimate of drug-likeness (QED) is 0.137. The van der Waals surface area contributed by atoms with E-state index in [9.17, 15) is 23.9 Å². The van der Waals surface area contributed by atoms with Crippen molar-refractivity contribution in [1.82, 2.24) is 20.5 Å². The highest BCUT2D eigenvalue weighted by Crippen LogP contribution is 2.40. The lowest BCUT2D eigenvalue weighted by Crippen LogP contribution is -2.59. The molecule has 0 bridgehead atoms. The number of aryl methyl sites for hydroxylation is 2. The number of aromatic nitrogens is 1. The Labute approximate surface area is 285 Å². The second kappa shape index (κ2) is 16.2. The Bertz CT molecular complexity index is 1360. The molecule has 1 aromatic heterocycles. The van der Waals surface area contributed by atoms with Crippen LogP contribution in [0.4, 0.5) is 4.39 Å². The van der Waals surface area contributed by atoms with E-state index in [2.05, 4.69) is 49.7 Å². The summed E-state index contributed by atoms with van der Waals surface area (Å²) >= 11 is 5.11. The van der Waals surface area contributed by atoms with Crippen molar-refractivity contribution in [2.24, 2.45) is 5.41 Å². The van der Waals surface area contributed by atoms with E-state index in [1.807, 2.05) is 12.4 Å². The fraction of sp³-hybridized carbons (Fsp3) is 0.657. The number of unbranched alkanes of at least 4 members (excludes halogenated alkanes) is 6. The topological polar surface area (TPSA) is 112 Å². The summed E-state index contributed by atoms with van der Waals surface area (Å²) in [5.41, 5.74) is 3.51. The number of amides is 3. The molecule has 1 saturated carbocycles.